The first-order valence-electron chi connectivity index (χ1n) is 17.2. The van der Waals surface area contributed by atoms with Gasteiger partial charge in [0.15, 0.2) is 5.60 Å². The van der Waals surface area contributed by atoms with Gasteiger partial charge in [0.25, 0.3) is 5.91 Å². The largest absolute Gasteiger partial charge is 0.478 e. The molecule has 2 aliphatic rings. The molecule has 0 bridgehead atoms. The monoisotopic (exact) mass is 648 g/mol. The van der Waals surface area contributed by atoms with Crippen molar-refractivity contribution in [3.05, 3.63) is 59.7 Å². The molecule has 47 heavy (non-hydrogen) atoms. The van der Waals surface area contributed by atoms with Crippen LogP contribution < -0.4 is 9.64 Å². The molecule has 3 amide bonds. The van der Waals surface area contributed by atoms with Crippen LogP contribution >= 0.6 is 0 Å². The smallest absolute Gasteiger partial charge is 0.410 e. The third-order valence-corrected chi connectivity index (χ3v) is 8.97. The fraction of sp³-hybridized carbons (Fsp3) is 0.605. The van der Waals surface area contributed by atoms with Gasteiger partial charge in [-0.25, -0.2) is 4.79 Å². The maximum absolute atomic E-state index is 13.9. The minimum absolute atomic E-state index is 0.0944. The summed E-state index contributed by atoms with van der Waals surface area (Å²) in [5, 5.41) is 0. The predicted molar refractivity (Wildman–Crippen MR) is 187 cm³/mol. The first-order chi connectivity index (χ1) is 22.0. The Morgan fingerprint density at radius 2 is 1.51 bits per heavy atom. The van der Waals surface area contributed by atoms with E-state index in [-0.39, 0.29) is 29.9 Å². The lowest BCUT2D eigenvalue weighted by Crippen LogP contribution is -2.57. The summed E-state index contributed by atoms with van der Waals surface area (Å²) in [6, 6.07) is 16.6. The summed E-state index contributed by atoms with van der Waals surface area (Å²) in [5.41, 5.74) is 1.77. The van der Waals surface area contributed by atoms with Crippen molar-refractivity contribution < 1.29 is 23.9 Å². The predicted octanol–water partition coefficient (Wildman–Crippen LogP) is 6.70. The Hall–Kier alpha value is -3.75. The van der Waals surface area contributed by atoms with Crippen molar-refractivity contribution in [2.24, 2.45) is 5.92 Å². The minimum atomic E-state index is -1.10. The quantitative estimate of drug-likeness (QED) is 0.301. The van der Waals surface area contributed by atoms with Gasteiger partial charge in [-0.05, 0) is 90.5 Å². The van der Waals surface area contributed by atoms with Crippen LogP contribution in [-0.2, 0) is 20.9 Å². The van der Waals surface area contributed by atoms with E-state index in [9.17, 15) is 14.4 Å². The Kier molecular flexibility index (Phi) is 11.5. The van der Waals surface area contributed by atoms with Gasteiger partial charge in [0.1, 0.15) is 11.4 Å². The molecular weight excluding hydrogens is 592 g/mol. The molecule has 4 rings (SSSR count). The number of ether oxygens (including phenoxy) is 2. The van der Waals surface area contributed by atoms with Gasteiger partial charge in [0, 0.05) is 63.6 Å². The maximum Gasteiger partial charge on any atom is 0.410 e. The zero-order valence-electron chi connectivity index (χ0n) is 30.0. The van der Waals surface area contributed by atoms with E-state index in [1.54, 1.807) is 23.6 Å². The number of nitrogens with zero attached hydrogens (tertiary/aromatic N) is 4. The van der Waals surface area contributed by atoms with E-state index in [1.807, 2.05) is 49.9 Å². The van der Waals surface area contributed by atoms with Gasteiger partial charge in [-0.3, -0.25) is 9.59 Å². The van der Waals surface area contributed by atoms with Crippen LogP contribution in [0.5, 0.6) is 5.75 Å². The van der Waals surface area contributed by atoms with Crippen LogP contribution in [-0.4, -0.2) is 89.1 Å². The van der Waals surface area contributed by atoms with E-state index in [2.05, 4.69) is 56.9 Å². The third kappa shape index (κ3) is 9.64. The van der Waals surface area contributed by atoms with Crippen molar-refractivity contribution in [1.82, 2.24) is 14.7 Å². The Morgan fingerprint density at radius 1 is 0.872 bits per heavy atom. The van der Waals surface area contributed by atoms with E-state index >= 15 is 0 Å². The number of benzene rings is 2. The van der Waals surface area contributed by atoms with Crippen LogP contribution in [0.4, 0.5) is 10.5 Å². The second-order valence-corrected chi connectivity index (χ2v) is 15.1. The third-order valence-electron chi connectivity index (χ3n) is 8.97. The molecule has 2 aromatic carbocycles. The highest BCUT2D eigenvalue weighted by atomic mass is 16.6. The van der Waals surface area contributed by atoms with Crippen molar-refractivity contribution >= 4 is 23.6 Å². The summed E-state index contributed by atoms with van der Waals surface area (Å²) in [6.45, 7) is 21.4. The molecule has 1 atom stereocenters. The highest BCUT2D eigenvalue weighted by Crippen LogP contribution is 2.30. The van der Waals surface area contributed by atoms with Gasteiger partial charge < -0.3 is 29.1 Å². The number of piperidine rings is 1. The molecule has 0 radical (unpaired) electrons. The van der Waals surface area contributed by atoms with Crippen molar-refractivity contribution in [3.63, 3.8) is 0 Å². The Bertz CT molecular complexity index is 1370. The van der Waals surface area contributed by atoms with Crippen molar-refractivity contribution in [1.29, 1.82) is 0 Å². The summed E-state index contributed by atoms with van der Waals surface area (Å²) in [4.78, 5) is 47.6. The van der Waals surface area contributed by atoms with Crippen molar-refractivity contribution in [2.75, 3.05) is 44.2 Å². The summed E-state index contributed by atoms with van der Waals surface area (Å²) in [7, 11) is 0. The van der Waals surface area contributed by atoms with Gasteiger partial charge in [0.05, 0.1) is 5.92 Å². The van der Waals surface area contributed by atoms with Gasteiger partial charge >= 0.3 is 6.09 Å². The Labute approximate surface area is 282 Å². The number of carbonyl (C=O) groups excluding carboxylic acids is 3. The lowest BCUT2D eigenvalue weighted by Gasteiger charge is -2.39. The Morgan fingerprint density at radius 3 is 2.11 bits per heavy atom. The highest BCUT2D eigenvalue weighted by Gasteiger charge is 2.37. The van der Waals surface area contributed by atoms with Gasteiger partial charge in [-0.1, -0.05) is 44.2 Å². The lowest BCUT2D eigenvalue weighted by molar-refractivity contribution is -0.147. The Balaban J connectivity index is 1.37. The van der Waals surface area contributed by atoms with Crippen LogP contribution in [0.1, 0.15) is 92.2 Å². The molecule has 2 saturated heterocycles. The van der Waals surface area contributed by atoms with Crippen molar-refractivity contribution in [3.8, 4) is 5.75 Å². The molecule has 0 unspecified atom stereocenters. The zero-order valence-corrected chi connectivity index (χ0v) is 30.0. The average Bonchev–Trinajstić information content (AvgIpc) is 3.02. The van der Waals surface area contributed by atoms with E-state index in [4.69, 9.17) is 9.47 Å². The summed E-state index contributed by atoms with van der Waals surface area (Å²) >= 11 is 0. The number of hydrogen-bond acceptors (Lipinski definition) is 6. The van der Waals surface area contributed by atoms with Crippen molar-refractivity contribution in [2.45, 2.75) is 105 Å². The fourth-order valence-corrected chi connectivity index (χ4v) is 6.25. The van der Waals surface area contributed by atoms with E-state index < -0.39 is 11.2 Å². The SMILES string of the molecule is CC(C)c1ccc(CN(C(=O)[C@@H]2CCCN(c3cccc(OC(C)(C)C(=O)N4CCN(C(=O)OC(C)(C)C)CC4)c3)C2)C(C)C)cc1. The normalized spacial score (nSPS) is 17.6. The number of anilines is 1. The van der Waals surface area contributed by atoms with E-state index in [1.165, 1.54) is 5.56 Å². The summed E-state index contributed by atoms with van der Waals surface area (Å²) < 4.78 is 11.8. The highest BCUT2D eigenvalue weighted by molar-refractivity contribution is 5.85. The topological polar surface area (TPSA) is 82.6 Å². The maximum atomic E-state index is 13.9. The molecule has 258 valence electrons. The van der Waals surface area contributed by atoms with Crippen LogP contribution in [0, 0.1) is 5.92 Å². The molecule has 0 spiro atoms. The number of carbonyl (C=O) groups is 3. The first-order valence-corrected chi connectivity index (χ1v) is 17.2. The standard InChI is InChI=1S/C38H56N4O5/c1-27(2)30-17-15-29(16-18-30)25-42(28(3)4)34(43)31-12-11-19-41(26-31)32-13-10-14-33(24-32)46-38(8,9)35(44)39-20-22-40(23-21-39)36(45)47-37(5,6)7/h10,13-18,24,27-28,31H,11-12,19-23,25-26H2,1-9H3/t31-/m1/s1. The number of hydrogen-bond donors (Lipinski definition) is 0. The molecule has 9 nitrogen and oxygen atoms in total. The molecule has 0 N–H and O–H groups in total. The van der Waals surface area contributed by atoms with Crippen LogP contribution in [0.2, 0.25) is 0 Å². The van der Waals surface area contributed by atoms with Gasteiger partial charge in [-0.2, -0.15) is 0 Å². The molecule has 9 heteroatoms. The first kappa shape index (κ1) is 36.1. The molecule has 0 aliphatic carbocycles. The molecular formula is C38H56N4O5. The second kappa shape index (κ2) is 15.0. The molecule has 2 heterocycles. The lowest BCUT2D eigenvalue weighted by atomic mass is 9.95. The van der Waals surface area contributed by atoms with Gasteiger partial charge in [-0.15, -0.1) is 0 Å². The summed E-state index contributed by atoms with van der Waals surface area (Å²) in [5.74, 6) is 1.06. The van der Waals surface area contributed by atoms with E-state index in [0.717, 1.165) is 30.6 Å². The van der Waals surface area contributed by atoms with E-state index in [0.29, 0.717) is 50.9 Å². The van der Waals surface area contributed by atoms with Crippen LogP contribution in [0.25, 0.3) is 0 Å². The molecule has 0 saturated carbocycles. The molecule has 2 aliphatic heterocycles. The summed E-state index contributed by atoms with van der Waals surface area (Å²) in [6.07, 6.45) is 1.44. The zero-order chi connectivity index (χ0) is 34.5. The average molecular weight is 649 g/mol. The molecule has 0 aromatic heterocycles. The second-order valence-electron chi connectivity index (χ2n) is 15.1. The van der Waals surface area contributed by atoms with Crippen LogP contribution in [0.3, 0.4) is 0 Å². The molecule has 2 aromatic rings. The number of rotatable bonds is 9. The van der Waals surface area contributed by atoms with Crippen LogP contribution in [0.15, 0.2) is 48.5 Å². The van der Waals surface area contributed by atoms with Gasteiger partial charge in [0.2, 0.25) is 5.91 Å². The number of amides is 3. The number of piperazine rings is 1. The molecule has 2 fully saturated rings. The fourth-order valence-electron chi connectivity index (χ4n) is 6.25. The minimum Gasteiger partial charge on any atom is -0.478 e.